The Balaban J connectivity index is 2.14. The van der Waals surface area contributed by atoms with E-state index in [0.717, 1.165) is 49.9 Å². The number of rotatable bonds is 6. The fraction of sp³-hybridized carbons (Fsp3) is 0.714. The van der Waals surface area contributed by atoms with Crippen LogP contribution in [0.2, 0.25) is 0 Å². The molecule has 5 heteroatoms. The molecule has 1 aromatic heterocycles. The number of hydrogen-bond acceptors (Lipinski definition) is 5. The van der Waals surface area contributed by atoms with Crippen LogP contribution in [0, 0.1) is 6.92 Å². The summed E-state index contributed by atoms with van der Waals surface area (Å²) in [5.41, 5.74) is 1.11. The number of nitrogens with one attached hydrogen (secondary N) is 1. The molecule has 0 bridgehead atoms. The Hall–Kier alpha value is -1.36. The molecular formula is C14H24N4O. The van der Waals surface area contributed by atoms with Crippen molar-refractivity contribution in [2.75, 3.05) is 36.5 Å². The topological polar surface area (TPSA) is 50.3 Å². The van der Waals surface area contributed by atoms with E-state index in [9.17, 15) is 0 Å². The molecular weight excluding hydrogens is 240 g/mol. The zero-order valence-corrected chi connectivity index (χ0v) is 12.1. The summed E-state index contributed by atoms with van der Waals surface area (Å²) in [7, 11) is 0. The summed E-state index contributed by atoms with van der Waals surface area (Å²) in [4.78, 5) is 11.0. The van der Waals surface area contributed by atoms with E-state index in [0.29, 0.717) is 6.10 Å². The van der Waals surface area contributed by atoms with Crippen molar-refractivity contribution in [1.82, 2.24) is 9.97 Å². The van der Waals surface area contributed by atoms with E-state index >= 15 is 0 Å². The smallest absolute Gasteiger partial charge is 0.137 e. The maximum Gasteiger partial charge on any atom is 0.137 e. The van der Waals surface area contributed by atoms with E-state index < -0.39 is 0 Å². The first kappa shape index (κ1) is 14.1. The number of likely N-dealkylation sites (N-methyl/N-ethyl adjacent to an activating group) is 1. The monoisotopic (exact) mass is 264 g/mol. The first-order valence-corrected chi connectivity index (χ1v) is 7.18. The molecule has 1 N–H and O–H groups in total. The number of nitrogens with zero attached hydrogens (tertiary/aromatic N) is 3. The molecule has 0 aromatic carbocycles. The van der Waals surface area contributed by atoms with Crippen LogP contribution in [0.3, 0.4) is 0 Å². The van der Waals surface area contributed by atoms with Crippen LogP contribution in [0.15, 0.2) is 6.33 Å². The van der Waals surface area contributed by atoms with Gasteiger partial charge in [0.05, 0.1) is 6.10 Å². The van der Waals surface area contributed by atoms with Crippen LogP contribution in [-0.4, -0.2) is 42.3 Å². The van der Waals surface area contributed by atoms with Crippen LogP contribution in [0.1, 0.15) is 32.3 Å². The molecule has 0 radical (unpaired) electrons. The second-order valence-corrected chi connectivity index (χ2v) is 4.87. The summed E-state index contributed by atoms with van der Waals surface area (Å²) in [5.74, 6) is 1.95. The van der Waals surface area contributed by atoms with E-state index in [1.807, 2.05) is 0 Å². The zero-order chi connectivity index (χ0) is 13.7. The van der Waals surface area contributed by atoms with Crippen molar-refractivity contribution < 1.29 is 4.74 Å². The molecule has 1 aliphatic rings. The highest BCUT2D eigenvalue weighted by atomic mass is 16.5. The summed E-state index contributed by atoms with van der Waals surface area (Å²) >= 11 is 0. The van der Waals surface area contributed by atoms with Crippen LogP contribution in [-0.2, 0) is 4.74 Å². The van der Waals surface area contributed by atoms with Gasteiger partial charge in [-0.1, -0.05) is 0 Å². The first-order valence-electron chi connectivity index (χ1n) is 7.18. The lowest BCUT2D eigenvalue weighted by atomic mass is 10.2. The Labute approximate surface area is 115 Å². The van der Waals surface area contributed by atoms with Crippen molar-refractivity contribution in [2.45, 2.75) is 39.7 Å². The van der Waals surface area contributed by atoms with Crippen molar-refractivity contribution in [3.63, 3.8) is 0 Å². The molecule has 2 rings (SSSR count). The van der Waals surface area contributed by atoms with Crippen LogP contribution >= 0.6 is 0 Å². The average molecular weight is 264 g/mol. The summed E-state index contributed by atoms with van der Waals surface area (Å²) in [6.07, 6.45) is 4.31. The molecule has 2 heterocycles. The third-order valence-electron chi connectivity index (χ3n) is 3.53. The van der Waals surface area contributed by atoms with Gasteiger partial charge in [0.2, 0.25) is 0 Å². The standard InChI is InChI=1S/C14H24N4O/c1-4-15-13-11(3)14(17-10-16-13)18(5-2)9-12-7-6-8-19-12/h10,12H,4-9H2,1-3H3,(H,15,16,17). The van der Waals surface area contributed by atoms with Crippen LogP contribution in [0.5, 0.6) is 0 Å². The molecule has 0 aliphatic carbocycles. The maximum absolute atomic E-state index is 5.72. The summed E-state index contributed by atoms with van der Waals surface area (Å²) in [6.45, 7) is 9.92. The molecule has 5 nitrogen and oxygen atoms in total. The Morgan fingerprint density at radius 2 is 2.26 bits per heavy atom. The van der Waals surface area contributed by atoms with Crippen molar-refractivity contribution >= 4 is 11.6 Å². The fourth-order valence-electron chi connectivity index (χ4n) is 2.50. The molecule has 19 heavy (non-hydrogen) atoms. The normalized spacial score (nSPS) is 18.6. The third kappa shape index (κ3) is 3.35. The quantitative estimate of drug-likeness (QED) is 0.854. The SMILES string of the molecule is CCNc1ncnc(N(CC)CC2CCCO2)c1C. The molecule has 0 spiro atoms. The number of aromatic nitrogens is 2. The molecule has 0 saturated carbocycles. The zero-order valence-electron chi connectivity index (χ0n) is 12.1. The van der Waals surface area contributed by atoms with Crippen LogP contribution in [0.25, 0.3) is 0 Å². The molecule has 1 unspecified atom stereocenters. The summed E-state index contributed by atoms with van der Waals surface area (Å²) in [6, 6.07) is 0. The van der Waals surface area contributed by atoms with E-state index in [-0.39, 0.29) is 0 Å². The van der Waals surface area contributed by atoms with Crippen molar-refractivity contribution in [1.29, 1.82) is 0 Å². The van der Waals surface area contributed by atoms with E-state index in [4.69, 9.17) is 4.74 Å². The van der Waals surface area contributed by atoms with Gasteiger partial charge in [-0.25, -0.2) is 9.97 Å². The van der Waals surface area contributed by atoms with E-state index in [2.05, 4.69) is 41.0 Å². The lowest BCUT2D eigenvalue weighted by molar-refractivity contribution is 0.115. The molecule has 0 amide bonds. The highest BCUT2D eigenvalue weighted by Crippen LogP contribution is 2.24. The molecule has 1 saturated heterocycles. The molecule has 1 aliphatic heterocycles. The fourth-order valence-corrected chi connectivity index (χ4v) is 2.50. The van der Waals surface area contributed by atoms with Crippen molar-refractivity contribution in [3.8, 4) is 0 Å². The highest BCUT2D eigenvalue weighted by molar-refractivity contribution is 5.57. The van der Waals surface area contributed by atoms with E-state index in [1.54, 1.807) is 6.33 Å². The average Bonchev–Trinajstić information content (AvgIpc) is 2.92. The second-order valence-electron chi connectivity index (χ2n) is 4.87. The van der Waals surface area contributed by atoms with Crippen LogP contribution in [0.4, 0.5) is 11.6 Å². The summed E-state index contributed by atoms with van der Waals surface area (Å²) < 4.78 is 5.72. The molecule has 1 aromatic rings. The molecule has 1 fully saturated rings. The van der Waals surface area contributed by atoms with Gasteiger partial charge in [-0.05, 0) is 33.6 Å². The first-order chi connectivity index (χ1) is 9.26. The molecule has 1 atom stereocenters. The number of hydrogen-bond donors (Lipinski definition) is 1. The largest absolute Gasteiger partial charge is 0.376 e. The lowest BCUT2D eigenvalue weighted by Gasteiger charge is -2.26. The lowest BCUT2D eigenvalue weighted by Crippen LogP contribution is -2.33. The Kier molecular flexibility index (Phi) is 4.96. The predicted octanol–water partition coefficient (Wildman–Crippen LogP) is 2.22. The van der Waals surface area contributed by atoms with Gasteiger partial charge in [0, 0.05) is 31.8 Å². The van der Waals surface area contributed by atoms with Gasteiger partial charge < -0.3 is 15.0 Å². The van der Waals surface area contributed by atoms with Crippen LogP contribution < -0.4 is 10.2 Å². The third-order valence-corrected chi connectivity index (χ3v) is 3.53. The second kappa shape index (κ2) is 6.70. The van der Waals surface area contributed by atoms with Gasteiger partial charge in [-0.3, -0.25) is 0 Å². The minimum Gasteiger partial charge on any atom is -0.376 e. The molecule has 106 valence electrons. The minimum absolute atomic E-state index is 0.344. The minimum atomic E-state index is 0.344. The van der Waals surface area contributed by atoms with Crippen molar-refractivity contribution in [3.05, 3.63) is 11.9 Å². The Morgan fingerprint density at radius 3 is 2.89 bits per heavy atom. The van der Waals surface area contributed by atoms with Gasteiger partial charge in [0.1, 0.15) is 18.0 Å². The summed E-state index contributed by atoms with van der Waals surface area (Å²) in [5, 5.41) is 3.28. The Morgan fingerprint density at radius 1 is 1.42 bits per heavy atom. The van der Waals surface area contributed by atoms with Crippen molar-refractivity contribution in [2.24, 2.45) is 0 Å². The number of ether oxygens (including phenoxy) is 1. The van der Waals surface area contributed by atoms with Gasteiger partial charge in [-0.15, -0.1) is 0 Å². The predicted molar refractivity (Wildman–Crippen MR) is 77.8 cm³/mol. The maximum atomic E-state index is 5.72. The van der Waals surface area contributed by atoms with Gasteiger partial charge in [-0.2, -0.15) is 0 Å². The van der Waals surface area contributed by atoms with Gasteiger partial charge in [0.25, 0.3) is 0 Å². The highest BCUT2D eigenvalue weighted by Gasteiger charge is 2.21. The van der Waals surface area contributed by atoms with Gasteiger partial charge in [0.15, 0.2) is 0 Å². The Bertz CT molecular complexity index is 404. The van der Waals surface area contributed by atoms with Gasteiger partial charge >= 0.3 is 0 Å². The van der Waals surface area contributed by atoms with E-state index in [1.165, 1.54) is 6.42 Å². The number of anilines is 2.